The van der Waals surface area contributed by atoms with E-state index in [1.165, 1.54) is 0 Å². The van der Waals surface area contributed by atoms with Gasteiger partial charge in [-0.25, -0.2) is 0 Å². The van der Waals surface area contributed by atoms with E-state index in [4.69, 9.17) is 27.9 Å². The maximum Gasteiger partial charge on any atom is 1.00 e. The van der Waals surface area contributed by atoms with Gasteiger partial charge in [0.15, 0.2) is 5.52 Å². The zero-order chi connectivity index (χ0) is 17.0. The molecule has 24 heavy (non-hydrogen) atoms. The molecule has 0 spiro atoms. The van der Waals surface area contributed by atoms with Gasteiger partial charge in [-0.15, -0.1) is 0 Å². The van der Waals surface area contributed by atoms with Crippen molar-refractivity contribution in [3.63, 3.8) is 0 Å². The van der Waals surface area contributed by atoms with Gasteiger partial charge in [-0.1, -0.05) is 42.3 Å². The number of halogens is 2. The van der Waals surface area contributed by atoms with Crippen LogP contribution in [0.2, 0.25) is 10.0 Å². The van der Waals surface area contributed by atoms with Crippen molar-refractivity contribution in [2.45, 2.75) is 33.3 Å². The Bertz CT molecular complexity index is 708. The van der Waals surface area contributed by atoms with E-state index >= 15 is 0 Å². The third-order valence-electron chi connectivity index (χ3n) is 3.55. The van der Waals surface area contributed by atoms with Gasteiger partial charge in [-0.3, -0.25) is 4.79 Å². The molecule has 0 N–H and O–H groups in total. The molecule has 2 nitrogen and oxygen atoms in total. The molecule has 0 aliphatic rings. The van der Waals surface area contributed by atoms with Crippen molar-refractivity contribution >= 4 is 42.6 Å². The quantitative estimate of drug-likeness (QED) is 0.572. The van der Waals surface area contributed by atoms with Gasteiger partial charge in [-0.2, -0.15) is 0 Å². The Morgan fingerprint density at radius 1 is 1.25 bits per heavy atom. The number of hydrogen-bond donors (Lipinski definition) is 0. The summed E-state index contributed by atoms with van der Waals surface area (Å²) in [4.78, 5) is 12.5. The fourth-order valence-electron chi connectivity index (χ4n) is 2.06. The molecule has 124 valence electrons. The van der Waals surface area contributed by atoms with Crippen LogP contribution in [0.3, 0.4) is 0 Å². The predicted molar refractivity (Wildman–Crippen MR) is 101 cm³/mol. The Morgan fingerprint density at radius 2 is 1.88 bits per heavy atom. The predicted octanol–water partition coefficient (Wildman–Crippen LogP) is 2.74. The Balaban J connectivity index is 0.00000288. The van der Waals surface area contributed by atoms with Gasteiger partial charge < -0.3 is 6.16 Å². The van der Waals surface area contributed by atoms with Gasteiger partial charge >= 0.3 is 18.9 Å². The summed E-state index contributed by atoms with van der Waals surface area (Å²) < 4.78 is 5.80. The van der Waals surface area contributed by atoms with Crippen LogP contribution in [-0.2, 0) is 0 Å². The molecule has 0 saturated heterocycles. The van der Waals surface area contributed by atoms with E-state index in [0.717, 1.165) is 23.0 Å². The van der Waals surface area contributed by atoms with Crippen molar-refractivity contribution in [1.29, 1.82) is 0 Å². The third-order valence-corrected chi connectivity index (χ3v) is 5.49. The van der Waals surface area contributed by atoms with E-state index in [1.807, 2.05) is 32.0 Å². The molecule has 2 rings (SSSR count). The SMILES string of the molecule is CCC(C)Oc1ccc(PC(=O)c2c(Cl)cccc2Cl)c(C)c1.[H-].[Li+]. The van der Waals surface area contributed by atoms with E-state index in [-0.39, 0.29) is 40.5 Å². The number of carbonyl (C=O) groups excluding carboxylic acids is 1. The van der Waals surface area contributed by atoms with Crippen LogP contribution in [0.5, 0.6) is 5.75 Å². The molecule has 2 aromatic carbocycles. The molecule has 2 aromatic rings. The van der Waals surface area contributed by atoms with Crippen LogP contribution in [0.4, 0.5) is 0 Å². The molecule has 0 bridgehead atoms. The minimum Gasteiger partial charge on any atom is -1.00 e. The summed E-state index contributed by atoms with van der Waals surface area (Å²) in [5, 5.41) is 1.76. The second kappa shape index (κ2) is 9.86. The Kier molecular flexibility index (Phi) is 8.86. The maximum atomic E-state index is 12.5. The van der Waals surface area contributed by atoms with Crippen LogP contribution < -0.4 is 28.9 Å². The van der Waals surface area contributed by atoms with Crippen LogP contribution in [0.1, 0.15) is 37.6 Å². The molecular weight excluding hydrogens is 357 g/mol. The van der Waals surface area contributed by atoms with Crippen LogP contribution in [0.15, 0.2) is 36.4 Å². The summed E-state index contributed by atoms with van der Waals surface area (Å²) >= 11 is 12.2. The van der Waals surface area contributed by atoms with Gasteiger partial charge in [0, 0.05) is 0 Å². The number of ether oxygens (including phenoxy) is 1. The van der Waals surface area contributed by atoms with E-state index in [9.17, 15) is 4.79 Å². The zero-order valence-corrected chi connectivity index (χ0v) is 16.8. The second-order valence-corrected chi connectivity index (χ2v) is 7.42. The van der Waals surface area contributed by atoms with Gasteiger partial charge in [-0.05, 0) is 64.0 Å². The summed E-state index contributed by atoms with van der Waals surface area (Å²) in [5.41, 5.74) is 1.37. The van der Waals surface area contributed by atoms with Crippen molar-refractivity contribution < 1.29 is 29.8 Å². The number of hydrogen-bond acceptors (Lipinski definition) is 2. The fraction of sp³-hybridized carbons (Fsp3) is 0.278. The normalized spacial score (nSPS) is 12.0. The first-order valence-corrected chi connectivity index (χ1v) is 9.20. The van der Waals surface area contributed by atoms with Crippen molar-refractivity contribution in [2.75, 3.05) is 0 Å². The molecule has 0 saturated carbocycles. The molecule has 0 aliphatic heterocycles. The molecule has 2 unspecified atom stereocenters. The largest absolute Gasteiger partial charge is 1.00 e. The van der Waals surface area contributed by atoms with Crippen LogP contribution in [0.25, 0.3) is 0 Å². The summed E-state index contributed by atoms with van der Waals surface area (Å²) in [6.45, 7) is 6.10. The Labute approximate surface area is 168 Å². The van der Waals surface area contributed by atoms with Crippen LogP contribution in [-0.4, -0.2) is 11.6 Å². The molecule has 0 heterocycles. The third kappa shape index (κ3) is 5.52. The first-order chi connectivity index (χ1) is 10.9. The molecule has 6 heteroatoms. The first kappa shape index (κ1) is 21.6. The summed E-state index contributed by atoms with van der Waals surface area (Å²) in [6.07, 6.45) is 1.12. The monoisotopic (exact) mass is 376 g/mol. The fourth-order valence-corrected chi connectivity index (χ4v) is 3.87. The number of aryl methyl sites for hydroxylation is 1. The van der Waals surface area contributed by atoms with Gasteiger partial charge in [0.05, 0.1) is 21.7 Å². The molecule has 0 aliphatic carbocycles. The molecule has 0 amide bonds. The van der Waals surface area contributed by atoms with Crippen molar-refractivity contribution in [3.8, 4) is 5.75 Å². The van der Waals surface area contributed by atoms with E-state index in [1.54, 1.807) is 18.2 Å². The molecule has 0 radical (unpaired) electrons. The standard InChI is InChI=1S/C18H19Cl2O2P.Li.H/c1-4-12(3)22-13-8-9-16(11(2)10-13)23-18(21)17-14(19)6-5-7-15(17)20;;/h5-10,12,23H,4H2,1-3H3;;/q;+1;-1. The topological polar surface area (TPSA) is 26.3 Å². The maximum absolute atomic E-state index is 12.5. The van der Waals surface area contributed by atoms with Crippen molar-refractivity contribution in [2.24, 2.45) is 0 Å². The molecule has 0 aromatic heterocycles. The zero-order valence-electron chi connectivity index (χ0n) is 15.3. The minimum atomic E-state index is -0.0562. The van der Waals surface area contributed by atoms with Gasteiger partial charge in [0.1, 0.15) is 5.75 Å². The summed E-state index contributed by atoms with van der Waals surface area (Å²) in [5.74, 6) is 0.827. The first-order valence-electron chi connectivity index (χ1n) is 7.45. The Morgan fingerprint density at radius 3 is 2.42 bits per heavy atom. The molecule has 0 fully saturated rings. The van der Waals surface area contributed by atoms with E-state index in [0.29, 0.717) is 15.6 Å². The second-order valence-electron chi connectivity index (χ2n) is 5.36. The minimum absolute atomic E-state index is 0. The average molecular weight is 377 g/mol. The summed E-state index contributed by atoms with van der Waals surface area (Å²) in [7, 11) is -0.0235. The number of rotatable bonds is 6. The Hall–Kier alpha value is -0.483. The molecule has 2 atom stereocenters. The van der Waals surface area contributed by atoms with Gasteiger partial charge in [0.25, 0.3) is 0 Å². The van der Waals surface area contributed by atoms with Crippen LogP contribution in [0, 0.1) is 6.92 Å². The number of carbonyl (C=O) groups is 1. The summed E-state index contributed by atoms with van der Waals surface area (Å²) in [6, 6.07) is 10.9. The smallest absolute Gasteiger partial charge is 1.00 e. The van der Waals surface area contributed by atoms with Gasteiger partial charge in [0.2, 0.25) is 0 Å². The van der Waals surface area contributed by atoms with Crippen molar-refractivity contribution in [1.82, 2.24) is 0 Å². The van der Waals surface area contributed by atoms with Crippen LogP contribution >= 0.6 is 31.8 Å². The number of benzene rings is 2. The molecular formula is C18H20Cl2LiO2P. The average Bonchev–Trinajstić information content (AvgIpc) is 2.49. The van der Waals surface area contributed by atoms with E-state index in [2.05, 4.69) is 6.92 Å². The van der Waals surface area contributed by atoms with Crippen molar-refractivity contribution in [3.05, 3.63) is 57.6 Å². The van der Waals surface area contributed by atoms with E-state index < -0.39 is 0 Å².